The zero-order chi connectivity index (χ0) is 14.8. The number of nitrogens with one attached hydrogen (secondary N) is 2. The zero-order valence-corrected chi connectivity index (χ0v) is 11.0. The molecule has 4 rings (SSSR count). The fraction of sp³-hybridized carbons (Fsp3) is 0.357. The number of benzene rings is 1. The van der Waals surface area contributed by atoms with Gasteiger partial charge in [-0.2, -0.15) is 0 Å². The van der Waals surface area contributed by atoms with E-state index in [0.717, 1.165) is 18.9 Å². The van der Waals surface area contributed by atoms with Gasteiger partial charge in [0.1, 0.15) is 5.82 Å². The maximum Gasteiger partial charge on any atom is 0.323 e. The minimum Gasteiger partial charge on any atom is -0.312 e. The second kappa shape index (κ2) is 3.81. The molecule has 1 saturated heterocycles. The Morgan fingerprint density at radius 3 is 2.67 bits per heavy atom. The summed E-state index contributed by atoms with van der Waals surface area (Å²) in [6, 6.07) is 3.14. The standard InChI is InChI=1S/C14H12FN3O3/c15-8-3-4-10-9(5-8)14(11(19)16-13(21)17-14)12(20)18(10)6-7-1-2-7/h3-5,7H,1-2,6H2,(H2,16,17,19,21). The van der Waals surface area contributed by atoms with E-state index in [1.807, 2.05) is 0 Å². The molecule has 1 atom stereocenters. The predicted molar refractivity (Wildman–Crippen MR) is 69.8 cm³/mol. The molecule has 0 aromatic heterocycles. The van der Waals surface area contributed by atoms with Gasteiger partial charge in [0, 0.05) is 12.1 Å². The lowest BCUT2D eigenvalue weighted by Gasteiger charge is -2.21. The zero-order valence-electron chi connectivity index (χ0n) is 11.0. The molecule has 2 heterocycles. The van der Waals surface area contributed by atoms with Crippen LogP contribution in [-0.2, 0) is 15.1 Å². The number of nitrogens with zero attached hydrogens (tertiary/aromatic N) is 1. The normalized spacial score (nSPS) is 27.1. The number of amides is 4. The number of anilines is 1. The highest BCUT2D eigenvalue weighted by molar-refractivity contribution is 6.27. The summed E-state index contributed by atoms with van der Waals surface area (Å²) in [5, 5.41) is 4.45. The molecule has 3 aliphatic rings. The van der Waals surface area contributed by atoms with Crippen LogP contribution in [0.4, 0.5) is 14.9 Å². The summed E-state index contributed by atoms with van der Waals surface area (Å²) in [6.07, 6.45) is 2.07. The first-order valence-electron chi connectivity index (χ1n) is 6.78. The molecule has 2 aliphatic heterocycles. The highest BCUT2D eigenvalue weighted by Crippen LogP contribution is 2.44. The van der Waals surface area contributed by atoms with Crippen molar-refractivity contribution in [2.24, 2.45) is 5.92 Å². The topological polar surface area (TPSA) is 78.5 Å². The minimum absolute atomic E-state index is 0.205. The minimum atomic E-state index is -1.82. The first kappa shape index (κ1) is 12.3. The molecule has 1 saturated carbocycles. The molecule has 7 heteroatoms. The Morgan fingerprint density at radius 1 is 1.29 bits per heavy atom. The summed E-state index contributed by atoms with van der Waals surface area (Å²) >= 11 is 0. The largest absolute Gasteiger partial charge is 0.323 e. The molecule has 4 amide bonds. The van der Waals surface area contributed by atoms with E-state index in [1.165, 1.54) is 17.0 Å². The summed E-state index contributed by atoms with van der Waals surface area (Å²) in [6.45, 7) is 0.488. The monoisotopic (exact) mass is 289 g/mol. The Labute approximate surface area is 119 Å². The number of carbonyl (C=O) groups excluding carboxylic acids is 3. The fourth-order valence-corrected chi connectivity index (χ4v) is 3.01. The number of hydrogen-bond donors (Lipinski definition) is 2. The smallest absolute Gasteiger partial charge is 0.312 e. The van der Waals surface area contributed by atoms with Gasteiger partial charge in [-0.1, -0.05) is 0 Å². The molecular weight excluding hydrogens is 277 g/mol. The Bertz CT molecular complexity index is 701. The second-order valence-electron chi connectivity index (χ2n) is 5.68. The van der Waals surface area contributed by atoms with Crippen molar-refractivity contribution in [3.05, 3.63) is 29.6 Å². The van der Waals surface area contributed by atoms with Crippen molar-refractivity contribution >= 4 is 23.5 Å². The van der Waals surface area contributed by atoms with Crippen LogP contribution in [0.25, 0.3) is 0 Å². The lowest BCUT2D eigenvalue weighted by atomic mass is 9.91. The molecular formula is C14H12FN3O3. The van der Waals surface area contributed by atoms with Gasteiger partial charge in [0.05, 0.1) is 5.69 Å². The maximum atomic E-state index is 13.6. The number of fused-ring (bicyclic) bond motifs is 2. The van der Waals surface area contributed by atoms with Gasteiger partial charge in [-0.25, -0.2) is 9.18 Å². The van der Waals surface area contributed by atoms with Crippen molar-refractivity contribution in [1.82, 2.24) is 10.6 Å². The van der Waals surface area contributed by atoms with Crippen molar-refractivity contribution in [2.45, 2.75) is 18.4 Å². The lowest BCUT2D eigenvalue weighted by molar-refractivity contribution is -0.133. The SMILES string of the molecule is O=C1NC(=O)C2(N1)C(=O)N(CC1CC1)c1ccc(F)cc12. The summed E-state index contributed by atoms with van der Waals surface area (Å²) in [5.41, 5.74) is -1.12. The molecule has 2 N–H and O–H groups in total. The lowest BCUT2D eigenvalue weighted by Crippen LogP contribution is -2.52. The van der Waals surface area contributed by atoms with Crippen LogP contribution in [0.15, 0.2) is 18.2 Å². The van der Waals surface area contributed by atoms with E-state index in [4.69, 9.17) is 0 Å². The van der Waals surface area contributed by atoms with E-state index in [-0.39, 0.29) is 5.56 Å². The van der Waals surface area contributed by atoms with Gasteiger partial charge in [-0.05, 0) is 37.0 Å². The van der Waals surface area contributed by atoms with Crippen LogP contribution in [0.1, 0.15) is 18.4 Å². The van der Waals surface area contributed by atoms with E-state index < -0.39 is 29.2 Å². The van der Waals surface area contributed by atoms with Gasteiger partial charge in [-0.3, -0.25) is 14.9 Å². The molecule has 6 nitrogen and oxygen atoms in total. The molecule has 2 fully saturated rings. The van der Waals surface area contributed by atoms with Crippen LogP contribution in [0, 0.1) is 11.7 Å². The fourth-order valence-electron chi connectivity index (χ4n) is 3.01. The van der Waals surface area contributed by atoms with Crippen molar-refractivity contribution in [3.63, 3.8) is 0 Å². The molecule has 1 aliphatic carbocycles. The van der Waals surface area contributed by atoms with Gasteiger partial charge < -0.3 is 10.2 Å². The highest BCUT2D eigenvalue weighted by Gasteiger charge is 2.61. The van der Waals surface area contributed by atoms with E-state index in [0.29, 0.717) is 18.2 Å². The molecule has 1 aromatic carbocycles. The molecule has 1 unspecified atom stereocenters. The molecule has 21 heavy (non-hydrogen) atoms. The average molecular weight is 289 g/mol. The van der Waals surface area contributed by atoms with Gasteiger partial charge in [0.15, 0.2) is 0 Å². The molecule has 108 valence electrons. The molecule has 1 aromatic rings. The number of rotatable bonds is 2. The van der Waals surface area contributed by atoms with Crippen LogP contribution < -0.4 is 15.5 Å². The number of urea groups is 1. The van der Waals surface area contributed by atoms with Gasteiger partial charge in [0.25, 0.3) is 11.8 Å². The van der Waals surface area contributed by atoms with Crippen molar-refractivity contribution < 1.29 is 18.8 Å². The Morgan fingerprint density at radius 2 is 2.05 bits per heavy atom. The number of carbonyl (C=O) groups is 3. The summed E-state index contributed by atoms with van der Waals surface area (Å²) in [5.74, 6) is -1.41. The van der Waals surface area contributed by atoms with Crippen molar-refractivity contribution in [2.75, 3.05) is 11.4 Å². The van der Waals surface area contributed by atoms with E-state index in [9.17, 15) is 18.8 Å². The van der Waals surface area contributed by atoms with E-state index in [2.05, 4.69) is 10.6 Å². The first-order valence-corrected chi connectivity index (χ1v) is 6.78. The number of halogens is 1. The highest BCUT2D eigenvalue weighted by atomic mass is 19.1. The third kappa shape index (κ3) is 1.54. The van der Waals surface area contributed by atoms with Crippen LogP contribution in [0.3, 0.4) is 0 Å². The summed E-state index contributed by atoms with van der Waals surface area (Å²) in [7, 11) is 0. The Balaban J connectivity index is 1.89. The summed E-state index contributed by atoms with van der Waals surface area (Å²) < 4.78 is 13.6. The predicted octanol–water partition coefficient (Wildman–Crippen LogP) is 0.617. The van der Waals surface area contributed by atoms with Crippen LogP contribution in [-0.4, -0.2) is 24.4 Å². The van der Waals surface area contributed by atoms with Crippen LogP contribution >= 0.6 is 0 Å². The average Bonchev–Trinajstić information content (AvgIpc) is 3.16. The number of imide groups is 1. The van der Waals surface area contributed by atoms with Gasteiger partial charge >= 0.3 is 6.03 Å². The van der Waals surface area contributed by atoms with Crippen molar-refractivity contribution in [3.8, 4) is 0 Å². The second-order valence-corrected chi connectivity index (χ2v) is 5.68. The van der Waals surface area contributed by atoms with Crippen molar-refractivity contribution in [1.29, 1.82) is 0 Å². The van der Waals surface area contributed by atoms with E-state index >= 15 is 0 Å². The maximum absolute atomic E-state index is 13.6. The van der Waals surface area contributed by atoms with Gasteiger partial charge in [0.2, 0.25) is 5.54 Å². The molecule has 1 spiro atoms. The third-order valence-corrected chi connectivity index (χ3v) is 4.23. The van der Waals surface area contributed by atoms with E-state index in [1.54, 1.807) is 0 Å². The summed E-state index contributed by atoms with van der Waals surface area (Å²) in [4.78, 5) is 37.9. The Kier molecular flexibility index (Phi) is 2.23. The molecule has 0 bridgehead atoms. The quantitative estimate of drug-likeness (QED) is 0.619. The molecule has 0 radical (unpaired) electrons. The number of hydrogen-bond acceptors (Lipinski definition) is 3. The third-order valence-electron chi connectivity index (χ3n) is 4.23. The van der Waals surface area contributed by atoms with Crippen LogP contribution in [0.5, 0.6) is 0 Å². The Hall–Kier alpha value is -2.44. The van der Waals surface area contributed by atoms with Gasteiger partial charge in [-0.15, -0.1) is 0 Å². The van der Waals surface area contributed by atoms with Crippen LogP contribution in [0.2, 0.25) is 0 Å². The first-order chi connectivity index (χ1) is 10.0.